The first kappa shape index (κ1) is 42.7. The molecule has 0 aromatic heterocycles. The minimum Gasteiger partial charge on any atom is -0.495 e. The van der Waals surface area contributed by atoms with Crippen LogP contribution in [0.2, 0.25) is 0 Å². The number of aryl methyl sites for hydroxylation is 2. The standard InChI is InChI=1S/C60H69BN2O/c1-36-30-50-53-51(31-36)63(49-35-46-45(59(12,13)28-29-60(46,14)15)34-44(49)42-19-17-16-18-37(42)2)48-27-23-39(57(6,7)8)32-47(48)61(53)55-54(43-26-22-40(58(9,10)11)33-52(43)64-55)62(50)41-24-20-38(21-25-41)56(3,4)5/h16-27,30-35,54-55H,28-29H2,1-15H3. The number of nitrogens with zero attached hydrogens (tertiary/aromatic N) is 2. The predicted octanol–water partition coefficient (Wildman–Crippen LogP) is 14.8. The van der Waals surface area contributed by atoms with Crippen LogP contribution < -0.4 is 25.5 Å². The first-order valence-electron chi connectivity index (χ1n) is 24.0. The molecule has 1 aliphatic carbocycles. The molecule has 10 rings (SSSR count). The summed E-state index contributed by atoms with van der Waals surface area (Å²) in [7, 11) is 0. The van der Waals surface area contributed by atoms with Gasteiger partial charge in [-0.3, -0.25) is 0 Å². The summed E-state index contributed by atoms with van der Waals surface area (Å²) < 4.78 is 7.55. The zero-order chi connectivity index (χ0) is 45.6. The highest BCUT2D eigenvalue weighted by Gasteiger charge is 2.56. The van der Waals surface area contributed by atoms with Crippen molar-refractivity contribution in [2.24, 2.45) is 0 Å². The van der Waals surface area contributed by atoms with Gasteiger partial charge < -0.3 is 14.5 Å². The first-order chi connectivity index (χ1) is 29.9. The van der Waals surface area contributed by atoms with Crippen LogP contribution in [-0.4, -0.2) is 12.7 Å². The van der Waals surface area contributed by atoms with E-state index in [4.69, 9.17) is 4.74 Å². The summed E-state index contributed by atoms with van der Waals surface area (Å²) in [6, 6.07) is 42.9. The molecular weight excluding hydrogens is 775 g/mol. The number of anilines is 5. The van der Waals surface area contributed by atoms with Gasteiger partial charge in [0.2, 0.25) is 0 Å². The van der Waals surface area contributed by atoms with E-state index in [-0.39, 0.29) is 45.8 Å². The van der Waals surface area contributed by atoms with Crippen molar-refractivity contribution in [3.05, 3.63) is 154 Å². The van der Waals surface area contributed by atoms with E-state index in [1.54, 1.807) is 0 Å². The van der Waals surface area contributed by atoms with Crippen molar-refractivity contribution in [2.45, 2.75) is 156 Å². The van der Waals surface area contributed by atoms with Crippen LogP contribution in [0.1, 0.15) is 153 Å². The van der Waals surface area contributed by atoms with E-state index in [2.05, 4.69) is 223 Å². The van der Waals surface area contributed by atoms with Crippen LogP contribution in [0.3, 0.4) is 0 Å². The van der Waals surface area contributed by atoms with Gasteiger partial charge in [-0.05, 0) is 158 Å². The lowest BCUT2D eigenvalue weighted by molar-refractivity contribution is 0.282. The van der Waals surface area contributed by atoms with Gasteiger partial charge in [0.1, 0.15) is 11.8 Å². The van der Waals surface area contributed by atoms with E-state index in [0.717, 1.165) is 12.2 Å². The number of rotatable bonds is 3. The van der Waals surface area contributed by atoms with Crippen LogP contribution in [-0.2, 0) is 27.1 Å². The van der Waals surface area contributed by atoms with Gasteiger partial charge in [0, 0.05) is 33.9 Å². The second-order valence-corrected chi connectivity index (χ2v) is 24.2. The van der Waals surface area contributed by atoms with Crippen LogP contribution in [0.25, 0.3) is 11.1 Å². The van der Waals surface area contributed by atoms with Gasteiger partial charge in [0.15, 0.2) is 0 Å². The molecule has 0 N–H and O–H groups in total. The van der Waals surface area contributed by atoms with Gasteiger partial charge in [-0.2, -0.15) is 0 Å². The summed E-state index contributed by atoms with van der Waals surface area (Å²) in [5.74, 6) is 1.02. The van der Waals surface area contributed by atoms with Gasteiger partial charge >= 0.3 is 0 Å². The molecule has 2 atom stereocenters. The molecule has 3 nitrogen and oxygen atoms in total. The third kappa shape index (κ3) is 6.67. The monoisotopic (exact) mass is 845 g/mol. The summed E-state index contributed by atoms with van der Waals surface area (Å²) in [6.45, 7) is 35.3. The summed E-state index contributed by atoms with van der Waals surface area (Å²) in [6.07, 6.45) is 2.33. The van der Waals surface area contributed by atoms with Gasteiger partial charge in [-0.25, -0.2) is 0 Å². The Morgan fingerprint density at radius 1 is 0.562 bits per heavy atom. The summed E-state index contributed by atoms with van der Waals surface area (Å²) in [5.41, 5.74) is 22.4. The molecule has 0 saturated heterocycles. The lowest BCUT2D eigenvalue weighted by Crippen LogP contribution is -2.65. The fourth-order valence-electron chi connectivity index (χ4n) is 11.5. The van der Waals surface area contributed by atoms with E-state index >= 15 is 0 Å². The topological polar surface area (TPSA) is 15.7 Å². The largest absolute Gasteiger partial charge is 0.495 e. The molecule has 2 unspecified atom stereocenters. The van der Waals surface area contributed by atoms with E-state index in [9.17, 15) is 0 Å². The molecule has 0 radical (unpaired) electrons. The van der Waals surface area contributed by atoms with E-state index in [1.807, 2.05) is 0 Å². The second-order valence-electron chi connectivity index (χ2n) is 24.2. The van der Waals surface area contributed by atoms with Gasteiger partial charge in [-0.1, -0.05) is 151 Å². The predicted molar refractivity (Wildman–Crippen MR) is 275 cm³/mol. The van der Waals surface area contributed by atoms with Crippen molar-refractivity contribution in [2.75, 3.05) is 9.80 Å². The quantitative estimate of drug-likeness (QED) is 0.165. The Labute approximate surface area is 385 Å². The van der Waals surface area contributed by atoms with Gasteiger partial charge in [0.25, 0.3) is 6.71 Å². The van der Waals surface area contributed by atoms with Crippen molar-refractivity contribution in [3.8, 4) is 16.9 Å². The molecule has 6 aromatic rings. The maximum absolute atomic E-state index is 7.55. The van der Waals surface area contributed by atoms with E-state index in [0.29, 0.717) is 0 Å². The van der Waals surface area contributed by atoms with Crippen molar-refractivity contribution in [1.29, 1.82) is 0 Å². The fourth-order valence-corrected chi connectivity index (χ4v) is 11.5. The SMILES string of the molecule is Cc1cc2c3c(c1)N(c1ccc(C(C)(C)C)cc1)C1c4ccc(C(C)(C)C)cc4OC1B3c1cc(C(C)(C)C)ccc1N2c1cc2c(cc1-c1ccccc1C)C(C)(C)CCC2(C)C. The molecule has 328 valence electrons. The zero-order valence-electron chi connectivity index (χ0n) is 41.3. The Morgan fingerprint density at radius 2 is 1.14 bits per heavy atom. The Bertz CT molecular complexity index is 2860. The third-order valence-electron chi connectivity index (χ3n) is 15.6. The van der Waals surface area contributed by atoms with Crippen molar-refractivity contribution < 1.29 is 4.74 Å². The van der Waals surface area contributed by atoms with Gasteiger partial charge in [0.05, 0.1) is 11.7 Å². The molecule has 3 aliphatic heterocycles. The first-order valence-corrected chi connectivity index (χ1v) is 24.0. The number of fused-ring (bicyclic) bond motifs is 7. The van der Waals surface area contributed by atoms with Crippen LogP contribution in [0.15, 0.2) is 109 Å². The highest BCUT2D eigenvalue weighted by atomic mass is 16.5. The van der Waals surface area contributed by atoms with Crippen LogP contribution in [0.4, 0.5) is 28.4 Å². The average Bonchev–Trinajstić information content (AvgIpc) is 3.60. The molecule has 0 spiro atoms. The molecule has 0 saturated carbocycles. The van der Waals surface area contributed by atoms with Crippen LogP contribution in [0, 0.1) is 13.8 Å². The Kier molecular flexibility index (Phi) is 9.44. The van der Waals surface area contributed by atoms with Crippen molar-refractivity contribution in [1.82, 2.24) is 0 Å². The molecule has 64 heavy (non-hydrogen) atoms. The normalized spacial score (nSPS) is 19.3. The number of hydrogen-bond donors (Lipinski definition) is 0. The summed E-state index contributed by atoms with van der Waals surface area (Å²) in [5, 5.41) is 0. The third-order valence-corrected chi connectivity index (χ3v) is 15.6. The minimum absolute atomic E-state index is 0.00496. The number of benzene rings is 6. The van der Waals surface area contributed by atoms with E-state index in [1.165, 1.54) is 101 Å². The smallest absolute Gasteiger partial charge is 0.267 e. The van der Waals surface area contributed by atoms with Crippen molar-refractivity contribution in [3.63, 3.8) is 0 Å². The maximum Gasteiger partial charge on any atom is 0.267 e. The lowest BCUT2D eigenvalue weighted by atomic mass is 9.32. The van der Waals surface area contributed by atoms with Crippen molar-refractivity contribution >= 4 is 46.1 Å². The van der Waals surface area contributed by atoms with Crippen LogP contribution in [0.5, 0.6) is 5.75 Å². The number of hydrogen-bond acceptors (Lipinski definition) is 3. The number of ether oxygens (including phenoxy) is 1. The van der Waals surface area contributed by atoms with Crippen LogP contribution >= 0.6 is 0 Å². The zero-order valence-corrected chi connectivity index (χ0v) is 41.3. The average molecular weight is 845 g/mol. The maximum atomic E-state index is 7.55. The molecule has 6 aromatic carbocycles. The molecule has 3 heterocycles. The Hall–Kier alpha value is -5.22. The Morgan fingerprint density at radius 3 is 1.78 bits per heavy atom. The molecule has 0 amide bonds. The van der Waals surface area contributed by atoms with E-state index < -0.39 is 0 Å². The molecule has 4 heteroatoms. The van der Waals surface area contributed by atoms with Gasteiger partial charge in [-0.15, -0.1) is 0 Å². The molecule has 0 fully saturated rings. The highest BCUT2D eigenvalue weighted by Crippen LogP contribution is 2.56. The molecule has 4 aliphatic rings. The molecule has 0 bridgehead atoms. The lowest BCUT2D eigenvalue weighted by Gasteiger charge is -2.49. The highest BCUT2D eigenvalue weighted by molar-refractivity contribution is 6.91. The summed E-state index contributed by atoms with van der Waals surface area (Å²) in [4.78, 5) is 5.32. The second kappa shape index (κ2) is 14.1. The fraction of sp³-hybridized carbons (Fsp3) is 0.400. The Balaban J connectivity index is 1.31. The molecular formula is C60H69BN2O. The summed E-state index contributed by atoms with van der Waals surface area (Å²) >= 11 is 0. The minimum atomic E-state index is -0.156.